The molecule has 186 valence electrons. The number of amides is 2. The van der Waals surface area contributed by atoms with E-state index >= 15 is 0 Å². The Labute approximate surface area is 204 Å². The quantitative estimate of drug-likeness (QED) is 0.559. The summed E-state index contributed by atoms with van der Waals surface area (Å²) >= 11 is 0. The fraction of sp³-hybridized carbons (Fsp3) is 0.423. The third kappa shape index (κ3) is 6.10. The number of rotatable bonds is 6. The standard InChI is InChI=1S/C26H32N4O5/c1-26(2,3)35-25(33)29-12-9-20(10-13-29)34-21-5-7-23(28-17-21)30-14-8-18-16-19(4-6-22(18)30)24(32)27-11-15-31/h4-8,14,16-17,20,31H,9-13,15H2,1-3H3,(H,27,32). The molecule has 0 radical (unpaired) electrons. The SMILES string of the molecule is CC(C)(C)OC(=O)N1CCC(Oc2ccc(-n3ccc4cc(C(=O)NCCO)ccc43)nc2)CC1. The summed E-state index contributed by atoms with van der Waals surface area (Å²) < 4.78 is 13.5. The van der Waals surface area contributed by atoms with Gasteiger partial charge in [-0.25, -0.2) is 9.78 Å². The summed E-state index contributed by atoms with van der Waals surface area (Å²) in [4.78, 5) is 30.7. The zero-order valence-corrected chi connectivity index (χ0v) is 20.4. The molecule has 9 heteroatoms. The van der Waals surface area contributed by atoms with E-state index in [1.54, 1.807) is 17.2 Å². The molecule has 0 bridgehead atoms. The molecule has 1 aliphatic heterocycles. The molecule has 0 aliphatic carbocycles. The molecule has 3 aromatic rings. The van der Waals surface area contributed by atoms with E-state index in [4.69, 9.17) is 14.6 Å². The number of carbonyl (C=O) groups excluding carboxylic acids is 2. The lowest BCUT2D eigenvalue weighted by Gasteiger charge is -2.33. The van der Waals surface area contributed by atoms with Crippen molar-refractivity contribution in [3.8, 4) is 11.6 Å². The number of benzene rings is 1. The topological polar surface area (TPSA) is 106 Å². The van der Waals surface area contributed by atoms with Gasteiger partial charge in [-0.05, 0) is 57.2 Å². The number of piperidine rings is 1. The maximum Gasteiger partial charge on any atom is 0.410 e. The number of pyridine rings is 1. The lowest BCUT2D eigenvalue weighted by atomic mass is 10.1. The van der Waals surface area contributed by atoms with E-state index in [9.17, 15) is 9.59 Å². The second kappa shape index (κ2) is 10.4. The van der Waals surface area contributed by atoms with Gasteiger partial charge in [-0.1, -0.05) is 0 Å². The predicted octanol–water partition coefficient (Wildman–Crippen LogP) is 3.53. The Hall–Kier alpha value is -3.59. The van der Waals surface area contributed by atoms with Gasteiger partial charge in [-0.3, -0.25) is 4.79 Å². The van der Waals surface area contributed by atoms with Crippen LogP contribution in [0.2, 0.25) is 0 Å². The lowest BCUT2D eigenvalue weighted by Crippen LogP contribution is -2.44. The van der Waals surface area contributed by atoms with Crippen molar-refractivity contribution in [3.63, 3.8) is 0 Å². The summed E-state index contributed by atoms with van der Waals surface area (Å²) in [6.07, 6.45) is 4.82. The Morgan fingerprint density at radius 2 is 1.91 bits per heavy atom. The maximum atomic E-state index is 12.2. The molecule has 35 heavy (non-hydrogen) atoms. The number of carbonyl (C=O) groups is 2. The number of hydrogen-bond donors (Lipinski definition) is 2. The van der Waals surface area contributed by atoms with Crippen LogP contribution < -0.4 is 10.1 Å². The Kier molecular flexibility index (Phi) is 7.25. The molecule has 0 atom stereocenters. The molecule has 2 amide bonds. The molecule has 3 heterocycles. The summed E-state index contributed by atoms with van der Waals surface area (Å²) in [5.74, 6) is 1.21. The van der Waals surface area contributed by atoms with Gasteiger partial charge in [0.1, 0.15) is 23.3 Å². The average molecular weight is 481 g/mol. The fourth-order valence-electron chi connectivity index (χ4n) is 4.01. The highest BCUT2D eigenvalue weighted by Crippen LogP contribution is 2.24. The molecule has 2 aromatic heterocycles. The molecule has 1 aromatic carbocycles. The van der Waals surface area contributed by atoms with E-state index in [2.05, 4.69) is 10.3 Å². The minimum Gasteiger partial charge on any atom is -0.489 e. The Bertz CT molecular complexity index is 1170. The molecular weight excluding hydrogens is 448 g/mol. The first kappa shape index (κ1) is 24.5. The van der Waals surface area contributed by atoms with E-state index in [0.717, 1.165) is 29.6 Å². The number of ether oxygens (including phenoxy) is 2. The van der Waals surface area contributed by atoms with Crippen LogP contribution in [0.15, 0.2) is 48.8 Å². The molecule has 1 fully saturated rings. The first-order chi connectivity index (χ1) is 16.7. The van der Waals surface area contributed by atoms with E-state index in [0.29, 0.717) is 24.4 Å². The Balaban J connectivity index is 1.36. The van der Waals surface area contributed by atoms with Crippen LogP contribution in [0.25, 0.3) is 16.7 Å². The van der Waals surface area contributed by atoms with Crippen LogP contribution >= 0.6 is 0 Å². The number of nitrogens with one attached hydrogen (secondary N) is 1. The molecule has 0 saturated carbocycles. The van der Waals surface area contributed by atoms with Gasteiger partial charge in [-0.15, -0.1) is 0 Å². The summed E-state index contributed by atoms with van der Waals surface area (Å²) in [6, 6.07) is 11.2. The van der Waals surface area contributed by atoms with E-state index in [-0.39, 0.29) is 31.3 Å². The molecule has 2 N–H and O–H groups in total. The van der Waals surface area contributed by atoms with Crippen LogP contribution in [-0.4, -0.2) is 69.5 Å². The van der Waals surface area contributed by atoms with Crippen molar-refractivity contribution in [2.24, 2.45) is 0 Å². The molecule has 9 nitrogen and oxygen atoms in total. The Morgan fingerprint density at radius 1 is 1.14 bits per heavy atom. The number of hydrogen-bond acceptors (Lipinski definition) is 6. The van der Waals surface area contributed by atoms with Gasteiger partial charge in [0.25, 0.3) is 5.91 Å². The normalized spacial score (nSPS) is 14.7. The van der Waals surface area contributed by atoms with Crippen LogP contribution in [0.3, 0.4) is 0 Å². The van der Waals surface area contributed by atoms with Crippen molar-refractivity contribution in [1.29, 1.82) is 0 Å². The first-order valence-electron chi connectivity index (χ1n) is 11.8. The van der Waals surface area contributed by atoms with Crippen molar-refractivity contribution in [1.82, 2.24) is 19.8 Å². The van der Waals surface area contributed by atoms with Gasteiger partial charge in [0.2, 0.25) is 0 Å². The predicted molar refractivity (Wildman–Crippen MR) is 132 cm³/mol. The van der Waals surface area contributed by atoms with Crippen molar-refractivity contribution in [3.05, 3.63) is 54.4 Å². The van der Waals surface area contributed by atoms with Gasteiger partial charge >= 0.3 is 6.09 Å². The van der Waals surface area contributed by atoms with Crippen molar-refractivity contribution in [2.75, 3.05) is 26.2 Å². The van der Waals surface area contributed by atoms with Gasteiger partial charge in [0.05, 0.1) is 18.3 Å². The van der Waals surface area contributed by atoms with E-state index in [1.165, 1.54) is 0 Å². The molecular formula is C26H32N4O5. The van der Waals surface area contributed by atoms with Crippen LogP contribution in [0.1, 0.15) is 44.0 Å². The number of fused-ring (bicyclic) bond motifs is 1. The summed E-state index contributed by atoms with van der Waals surface area (Å²) in [7, 11) is 0. The smallest absolute Gasteiger partial charge is 0.410 e. The van der Waals surface area contributed by atoms with Crippen molar-refractivity contribution in [2.45, 2.75) is 45.3 Å². The third-order valence-corrected chi connectivity index (χ3v) is 5.71. The lowest BCUT2D eigenvalue weighted by molar-refractivity contribution is 0.0126. The summed E-state index contributed by atoms with van der Waals surface area (Å²) in [6.45, 7) is 6.92. The molecule has 0 unspecified atom stereocenters. The van der Waals surface area contributed by atoms with Gasteiger partial charge in [0, 0.05) is 49.6 Å². The second-order valence-corrected chi connectivity index (χ2v) is 9.58. The van der Waals surface area contributed by atoms with Crippen LogP contribution in [0.4, 0.5) is 4.79 Å². The van der Waals surface area contributed by atoms with Gasteiger partial charge in [0.15, 0.2) is 0 Å². The highest BCUT2D eigenvalue weighted by atomic mass is 16.6. The maximum absolute atomic E-state index is 12.2. The molecule has 1 saturated heterocycles. The minimum absolute atomic E-state index is 0.0177. The number of aliphatic hydroxyl groups is 1. The van der Waals surface area contributed by atoms with Gasteiger partial charge in [-0.2, -0.15) is 0 Å². The number of aromatic nitrogens is 2. The summed E-state index contributed by atoms with van der Waals surface area (Å²) in [5, 5.41) is 12.5. The average Bonchev–Trinajstić information content (AvgIpc) is 3.25. The Morgan fingerprint density at radius 3 is 2.57 bits per heavy atom. The van der Waals surface area contributed by atoms with E-state index < -0.39 is 5.60 Å². The second-order valence-electron chi connectivity index (χ2n) is 9.58. The minimum atomic E-state index is -0.500. The molecule has 0 spiro atoms. The largest absolute Gasteiger partial charge is 0.489 e. The van der Waals surface area contributed by atoms with E-state index in [1.807, 2.05) is 61.9 Å². The third-order valence-electron chi connectivity index (χ3n) is 5.71. The monoisotopic (exact) mass is 480 g/mol. The van der Waals surface area contributed by atoms with Crippen LogP contribution in [0.5, 0.6) is 5.75 Å². The highest BCUT2D eigenvalue weighted by Gasteiger charge is 2.27. The van der Waals surface area contributed by atoms with Crippen molar-refractivity contribution >= 4 is 22.9 Å². The van der Waals surface area contributed by atoms with Gasteiger partial charge < -0.3 is 29.4 Å². The zero-order chi connectivity index (χ0) is 25.0. The van der Waals surface area contributed by atoms with Crippen LogP contribution in [-0.2, 0) is 4.74 Å². The highest BCUT2D eigenvalue weighted by molar-refractivity contribution is 5.98. The zero-order valence-electron chi connectivity index (χ0n) is 20.4. The number of likely N-dealkylation sites (tertiary alicyclic amines) is 1. The summed E-state index contributed by atoms with van der Waals surface area (Å²) in [5.41, 5.74) is 0.970. The fourth-order valence-corrected chi connectivity index (χ4v) is 4.01. The molecule has 4 rings (SSSR count). The number of nitrogens with zero attached hydrogens (tertiary/aromatic N) is 3. The first-order valence-corrected chi connectivity index (χ1v) is 11.8. The molecule has 1 aliphatic rings. The number of aliphatic hydroxyl groups excluding tert-OH is 1. The van der Waals surface area contributed by atoms with Crippen molar-refractivity contribution < 1.29 is 24.2 Å². The van der Waals surface area contributed by atoms with Crippen LogP contribution in [0, 0.1) is 0 Å².